The summed E-state index contributed by atoms with van der Waals surface area (Å²) in [6.07, 6.45) is 1.73. The summed E-state index contributed by atoms with van der Waals surface area (Å²) in [7, 11) is 3.78. The van der Waals surface area contributed by atoms with E-state index in [-0.39, 0.29) is 17.9 Å². The number of piperazine rings is 1. The first-order valence-corrected chi connectivity index (χ1v) is 11.8. The second-order valence-corrected chi connectivity index (χ2v) is 8.58. The van der Waals surface area contributed by atoms with Crippen molar-refractivity contribution in [1.82, 2.24) is 9.80 Å². The van der Waals surface area contributed by atoms with E-state index < -0.39 is 0 Å². The van der Waals surface area contributed by atoms with Crippen molar-refractivity contribution >= 4 is 22.7 Å². The van der Waals surface area contributed by atoms with Crippen LogP contribution in [0.5, 0.6) is 5.75 Å². The van der Waals surface area contributed by atoms with Crippen LogP contribution in [0.3, 0.4) is 0 Å². The lowest BCUT2D eigenvalue weighted by Gasteiger charge is -2.34. The third-order valence-corrected chi connectivity index (χ3v) is 6.13. The van der Waals surface area contributed by atoms with Crippen LogP contribution in [-0.2, 0) is 19.1 Å². The maximum absolute atomic E-state index is 13.1. The highest BCUT2D eigenvalue weighted by molar-refractivity contribution is 5.87. The normalized spacial score (nSPS) is 15.8. The maximum Gasteiger partial charge on any atom is 0.314 e. The van der Waals surface area contributed by atoms with Gasteiger partial charge in [0.05, 0.1) is 26.2 Å². The monoisotopic (exact) mass is 456 g/mol. The van der Waals surface area contributed by atoms with E-state index in [0.29, 0.717) is 39.0 Å². The molecule has 0 N–H and O–H groups in total. The van der Waals surface area contributed by atoms with Gasteiger partial charge in [0.1, 0.15) is 5.75 Å². The average molecular weight is 457 g/mol. The first kappa shape index (κ1) is 25.0. The van der Waals surface area contributed by atoms with Crippen LogP contribution in [0.2, 0.25) is 0 Å². The van der Waals surface area contributed by atoms with E-state index in [4.69, 9.17) is 14.2 Å². The number of unbranched alkanes of at least 4 members (excludes halogenated alkanes) is 1. The molecule has 7 heteroatoms. The Labute approximate surface area is 196 Å². The van der Waals surface area contributed by atoms with Gasteiger partial charge in [-0.25, -0.2) is 0 Å². The van der Waals surface area contributed by atoms with Crippen LogP contribution in [0.1, 0.15) is 37.7 Å². The molecule has 0 amide bonds. The molecule has 0 aliphatic carbocycles. The largest absolute Gasteiger partial charge is 0.497 e. The molecule has 3 rings (SSSR count). The van der Waals surface area contributed by atoms with E-state index in [9.17, 15) is 9.59 Å². The minimum Gasteiger partial charge on any atom is -0.497 e. The molecule has 0 bridgehead atoms. The lowest BCUT2D eigenvalue weighted by Crippen LogP contribution is -2.46. The summed E-state index contributed by atoms with van der Waals surface area (Å²) in [5.74, 6) is 0.0617. The highest BCUT2D eigenvalue weighted by Crippen LogP contribution is 2.27. The molecule has 33 heavy (non-hydrogen) atoms. The summed E-state index contributed by atoms with van der Waals surface area (Å²) in [5.41, 5.74) is 0.966. The molecule has 180 valence electrons. The SMILES string of the molecule is CCC(=O)OCCCCOC(=O)C(CN1CCN(C)CC1)c1ccc2cc(OC)ccc2c1. The van der Waals surface area contributed by atoms with Gasteiger partial charge in [-0.05, 0) is 48.4 Å². The Hall–Kier alpha value is -2.64. The number of nitrogens with zero attached hydrogens (tertiary/aromatic N) is 2. The maximum atomic E-state index is 13.1. The number of hydrogen-bond donors (Lipinski definition) is 0. The molecular weight excluding hydrogens is 420 g/mol. The van der Waals surface area contributed by atoms with Crippen molar-refractivity contribution in [1.29, 1.82) is 0 Å². The van der Waals surface area contributed by atoms with E-state index in [0.717, 1.165) is 48.3 Å². The lowest BCUT2D eigenvalue weighted by molar-refractivity contribution is -0.147. The number of hydrogen-bond acceptors (Lipinski definition) is 7. The lowest BCUT2D eigenvalue weighted by atomic mass is 9.95. The second kappa shape index (κ2) is 12.6. The van der Waals surface area contributed by atoms with Crippen LogP contribution in [0, 0.1) is 0 Å². The standard InChI is InChI=1S/C26H36N2O5/c1-4-25(29)32-15-5-6-16-33-26(30)24(19-28-13-11-27(2)12-14-28)22-8-7-21-18-23(31-3)10-9-20(21)17-22/h7-10,17-18,24H,4-6,11-16,19H2,1-3H3. The minimum absolute atomic E-state index is 0.201. The molecule has 1 aliphatic heterocycles. The van der Waals surface area contributed by atoms with Crippen LogP contribution >= 0.6 is 0 Å². The Balaban J connectivity index is 1.66. The van der Waals surface area contributed by atoms with Gasteiger partial charge in [-0.1, -0.05) is 31.2 Å². The molecule has 1 fully saturated rings. The number of carbonyl (C=O) groups excluding carboxylic acids is 2. The molecule has 0 radical (unpaired) electrons. The third kappa shape index (κ3) is 7.44. The highest BCUT2D eigenvalue weighted by atomic mass is 16.5. The van der Waals surface area contributed by atoms with Crippen LogP contribution in [0.15, 0.2) is 36.4 Å². The first-order valence-electron chi connectivity index (χ1n) is 11.8. The molecule has 2 aromatic rings. The van der Waals surface area contributed by atoms with Crippen LogP contribution in [-0.4, -0.2) is 81.8 Å². The van der Waals surface area contributed by atoms with Crippen LogP contribution < -0.4 is 4.74 Å². The molecule has 1 unspecified atom stereocenters. The summed E-state index contributed by atoms with van der Waals surface area (Å²) in [5, 5.41) is 2.15. The van der Waals surface area contributed by atoms with Gasteiger partial charge in [0.15, 0.2) is 0 Å². The Bertz CT molecular complexity index is 924. The summed E-state index contributed by atoms with van der Waals surface area (Å²) in [6.45, 7) is 6.97. The minimum atomic E-state index is -0.349. The topological polar surface area (TPSA) is 68.3 Å². The molecule has 1 aliphatic rings. The zero-order valence-corrected chi connectivity index (χ0v) is 20.0. The molecule has 0 spiro atoms. The van der Waals surface area contributed by atoms with Gasteiger partial charge in [0.25, 0.3) is 0 Å². The van der Waals surface area contributed by atoms with Gasteiger partial charge >= 0.3 is 11.9 Å². The molecule has 0 saturated carbocycles. The van der Waals surface area contributed by atoms with Gasteiger partial charge in [-0.3, -0.25) is 14.5 Å². The van der Waals surface area contributed by atoms with E-state index in [1.165, 1.54) is 0 Å². The first-order chi connectivity index (χ1) is 16.0. The number of likely N-dealkylation sites (N-methyl/N-ethyl adjacent to an activating group) is 1. The number of fused-ring (bicyclic) bond motifs is 1. The van der Waals surface area contributed by atoms with Gasteiger partial charge < -0.3 is 19.1 Å². The number of methoxy groups -OCH3 is 1. The van der Waals surface area contributed by atoms with Crippen molar-refractivity contribution in [3.63, 3.8) is 0 Å². The zero-order chi connectivity index (χ0) is 23.6. The Morgan fingerprint density at radius 1 is 0.939 bits per heavy atom. The highest BCUT2D eigenvalue weighted by Gasteiger charge is 2.27. The number of benzene rings is 2. The summed E-state index contributed by atoms with van der Waals surface area (Å²) >= 11 is 0. The number of esters is 2. The van der Waals surface area contributed by atoms with Gasteiger partial charge in [-0.15, -0.1) is 0 Å². The second-order valence-electron chi connectivity index (χ2n) is 8.58. The third-order valence-electron chi connectivity index (χ3n) is 6.13. The van der Waals surface area contributed by atoms with E-state index >= 15 is 0 Å². The molecule has 1 heterocycles. The number of rotatable bonds is 11. The molecule has 7 nitrogen and oxygen atoms in total. The van der Waals surface area contributed by atoms with Crippen molar-refractivity contribution in [2.45, 2.75) is 32.1 Å². The summed E-state index contributed by atoms with van der Waals surface area (Å²) in [4.78, 5) is 29.0. The van der Waals surface area contributed by atoms with Crippen molar-refractivity contribution < 1.29 is 23.8 Å². The van der Waals surface area contributed by atoms with Crippen LogP contribution in [0.25, 0.3) is 10.8 Å². The van der Waals surface area contributed by atoms with E-state index in [2.05, 4.69) is 22.9 Å². The summed E-state index contributed by atoms with van der Waals surface area (Å²) in [6, 6.07) is 12.1. The van der Waals surface area contributed by atoms with Crippen molar-refractivity contribution in [3.05, 3.63) is 42.0 Å². The number of carbonyl (C=O) groups is 2. The average Bonchev–Trinajstić information content (AvgIpc) is 2.84. The fourth-order valence-corrected chi connectivity index (χ4v) is 3.96. The van der Waals surface area contributed by atoms with Crippen molar-refractivity contribution in [3.8, 4) is 5.75 Å². The smallest absolute Gasteiger partial charge is 0.314 e. The van der Waals surface area contributed by atoms with Gasteiger partial charge in [0, 0.05) is 39.1 Å². The molecule has 2 aromatic carbocycles. The molecule has 0 aromatic heterocycles. The molecule has 1 atom stereocenters. The Morgan fingerprint density at radius 2 is 1.61 bits per heavy atom. The predicted molar refractivity (Wildman–Crippen MR) is 129 cm³/mol. The fraction of sp³-hybridized carbons (Fsp3) is 0.538. The van der Waals surface area contributed by atoms with Crippen molar-refractivity contribution in [2.24, 2.45) is 0 Å². The summed E-state index contributed by atoms with van der Waals surface area (Å²) < 4.78 is 16.1. The van der Waals surface area contributed by atoms with Gasteiger partial charge in [-0.2, -0.15) is 0 Å². The molecular formula is C26H36N2O5. The Morgan fingerprint density at radius 3 is 2.30 bits per heavy atom. The predicted octanol–water partition coefficient (Wildman–Crippen LogP) is 3.46. The quantitative estimate of drug-likeness (QED) is 0.379. The van der Waals surface area contributed by atoms with E-state index in [1.807, 2.05) is 30.3 Å². The Kier molecular flexibility index (Phi) is 9.51. The van der Waals surface area contributed by atoms with Gasteiger partial charge in [0.2, 0.25) is 0 Å². The number of ether oxygens (including phenoxy) is 3. The molecule has 1 saturated heterocycles. The van der Waals surface area contributed by atoms with Crippen molar-refractivity contribution in [2.75, 3.05) is 60.1 Å². The zero-order valence-electron chi connectivity index (χ0n) is 20.0. The van der Waals surface area contributed by atoms with E-state index in [1.54, 1.807) is 14.0 Å². The fourth-order valence-electron chi connectivity index (χ4n) is 3.96. The van der Waals surface area contributed by atoms with Crippen LogP contribution in [0.4, 0.5) is 0 Å².